The molecule has 1 heterocycles. The molecular weight excluding hydrogens is 274 g/mol. The molecule has 0 aliphatic rings. The van der Waals surface area contributed by atoms with Crippen molar-refractivity contribution in [3.05, 3.63) is 30.1 Å². The van der Waals surface area contributed by atoms with E-state index in [1.54, 1.807) is 53.7 Å². The maximum Gasteiger partial charge on any atom is 0.228 e. The highest BCUT2D eigenvalue weighted by atomic mass is 32.3. The molecule has 1 aromatic rings. The fourth-order valence-electron chi connectivity index (χ4n) is 1.65. The lowest BCUT2D eigenvalue weighted by Crippen LogP contribution is -2.46. The summed E-state index contributed by atoms with van der Waals surface area (Å²) in [5.41, 5.74) is 0.667. The van der Waals surface area contributed by atoms with Crippen LogP contribution in [0.3, 0.4) is 0 Å². The lowest BCUT2D eigenvalue weighted by Gasteiger charge is -2.42. The van der Waals surface area contributed by atoms with Crippen LogP contribution < -0.4 is 0 Å². The SMILES string of the molecule is COC(O)(c1cccnc1)C(SC)(SC)SC. The van der Waals surface area contributed by atoms with E-state index in [2.05, 4.69) is 4.98 Å². The van der Waals surface area contributed by atoms with Gasteiger partial charge in [-0.3, -0.25) is 4.98 Å². The topological polar surface area (TPSA) is 42.4 Å². The molecular formula is C11H17NO2S3. The second kappa shape index (κ2) is 6.33. The Bertz CT molecular complexity index is 338. The molecule has 0 radical (unpaired) electrons. The maximum absolute atomic E-state index is 10.9. The average molecular weight is 291 g/mol. The van der Waals surface area contributed by atoms with Crippen molar-refractivity contribution in [2.24, 2.45) is 0 Å². The van der Waals surface area contributed by atoms with Gasteiger partial charge in [0, 0.05) is 25.1 Å². The molecule has 1 atom stereocenters. The van der Waals surface area contributed by atoms with E-state index < -0.39 is 9.20 Å². The van der Waals surface area contributed by atoms with Gasteiger partial charge in [-0.05, 0) is 24.8 Å². The van der Waals surface area contributed by atoms with Crippen molar-refractivity contribution in [2.75, 3.05) is 25.9 Å². The Morgan fingerprint density at radius 1 is 1.24 bits per heavy atom. The summed E-state index contributed by atoms with van der Waals surface area (Å²) in [6.45, 7) is 0. The Morgan fingerprint density at radius 2 is 1.82 bits per heavy atom. The van der Waals surface area contributed by atoms with Gasteiger partial charge in [-0.2, -0.15) is 0 Å². The van der Waals surface area contributed by atoms with Crippen molar-refractivity contribution in [1.29, 1.82) is 0 Å². The summed E-state index contributed by atoms with van der Waals surface area (Å²) in [7, 11) is 1.52. The molecule has 0 fully saturated rings. The van der Waals surface area contributed by atoms with Gasteiger partial charge in [0.1, 0.15) is 0 Å². The van der Waals surface area contributed by atoms with Crippen molar-refractivity contribution < 1.29 is 9.84 Å². The summed E-state index contributed by atoms with van der Waals surface area (Å²) in [5.74, 6) is -1.38. The first-order chi connectivity index (χ1) is 8.10. The third kappa shape index (κ3) is 2.61. The average Bonchev–Trinajstić information content (AvgIpc) is 2.42. The normalized spacial score (nSPS) is 15.6. The number of thioether (sulfide) groups is 3. The Morgan fingerprint density at radius 3 is 2.18 bits per heavy atom. The highest BCUT2D eigenvalue weighted by Gasteiger charge is 2.52. The summed E-state index contributed by atoms with van der Waals surface area (Å²) in [4.78, 5) is 4.05. The number of aliphatic hydroxyl groups is 1. The Hall–Kier alpha value is 0.120. The van der Waals surface area contributed by atoms with Gasteiger partial charge in [0.2, 0.25) is 5.79 Å². The maximum atomic E-state index is 10.9. The van der Waals surface area contributed by atoms with Gasteiger partial charge in [0.15, 0.2) is 3.41 Å². The number of hydrogen-bond donors (Lipinski definition) is 1. The van der Waals surface area contributed by atoms with Gasteiger partial charge in [0.25, 0.3) is 0 Å². The van der Waals surface area contributed by atoms with Gasteiger partial charge >= 0.3 is 0 Å². The zero-order valence-electron chi connectivity index (χ0n) is 10.3. The molecule has 0 aliphatic carbocycles. The van der Waals surface area contributed by atoms with Crippen molar-refractivity contribution in [2.45, 2.75) is 9.20 Å². The first kappa shape index (κ1) is 15.2. The molecule has 3 nitrogen and oxygen atoms in total. The van der Waals surface area contributed by atoms with Crippen LogP contribution in [0, 0.1) is 0 Å². The van der Waals surface area contributed by atoms with Crippen LogP contribution in [0.1, 0.15) is 5.56 Å². The third-order valence-electron chi connectivity index (χ3n) is 2.57. The van der Waals surface area contributed by atoms with E-state index in [0.29, 0.717) is 5.56 Å². The largest absolute Gasteiger partial charge is 0.359 e. The van der Waals surface area contributed by atoms with E-state index in [-0.39, 0.29) is 0 Å². The van der Waals surface area contributed by atoms with E-state index in [4.69, 9.17) is 4.74 Å². The van der Waals surface area contributed by atoms with Crippen LogP contribution in [0.15, 0.2) is 24.5 Å². The highest BCUT2D eigenvalue weighted by molar-refractivity contribution is 8.33. The van der Waals surface area contributed by atoms with E-state index in [1.807, 2.05) is 24.8 Å². The number of rotatable bonds is 6. The van der Waals surface area contributed by atoms with Crippen LogP contribution in [-0.4, -0.2) is 39.4 Å². The van der Waals surface area contributed by atoms with Gasteiger partial charge < -0.3 is 9.84 Å². The van der Waals surface area contributed by atoms with Gasteiger partial charge in [-0.1, -0.05) is 6.07 Å². The zero-order chi connectivity index (χ0) is 12.9. The molecule has 0 saturated carbocycles. The van der Waals surface area contributed by atoms with Crippen molar-refractivity contribution in [3.8, 4) is 0 Å². The van der Waals surface area contributed by atoms with E-state index in [0.717, 1.165) is 0 Å². The number of hydrogen-bond acceptors (Lipinski definition) is 6. The van der Waals surface area contributed by atoms with Crippen molar-refractivity contribution >= 4 is 35.3 Å². The number of aromatic nitrogens is 1. The van der Waals surface area contributed by atoms with E-state index in [9.17, 15) is 5.11 Å². The number of ether oxygens (including phenoxy) is 1. The lowest BCUT2D eigenvalue weighted by molar-refractivity contribution is -0.186. The summed E-state index contributed by atoms with van der Waals surface area (Å²) < 4.78 is 4.89. The van der Waals surface area contributed by atoms with Crippen LogP contribution in [0.4, 0.5) is 0 Å². The smallest absolute Gasteiger partial charge is 0.228 e. The first-order valence-electron chi connectivity index (χ1n) is 4.93. The standard InChI is InChI=1S/C11H17NO2S3/c1-14-10(13,9-6-5-7-12-8-9)11(15-2,16-3)17-4/h5-8,13H,1-4H3. The van der Waals surface area contributed by atoms with Crippen LogP contribution >= 0.6 is 35.3 Å². The minimum Gasteiger partial charge on any atom is -0.359 e. The molecule has 1 aromatic heterocycles. The fourth-order valence-corrected chi connectivity index (χ4v) is 5.08. The van der Waals surface area contributed by atoms with Crippen LogP contribution in [0.25, 0.3) is 0 Å². The summed E-state index contributed by atoms with van der Waals surface area (Å²) in [5, 5.41) is 10.9. The molecule has 1 rings (SSSR count). The molecule has 0 aromatic carbocycles. The minimum atomic E-state index is -1.38. The summed E-state index contributed by atoms with van der Waals surface area (Å²) in [6.07, 6.45) is 9.22. The highest BCUT2D eigenvalue weighted by Crippen LogP contribution is 2.55. The van der Waals surface area contributed by atoms with Gasteiger partial charge in [0.05, 0.1) is 0 Å². The van der Waals surface area contributed by atoms with Crippen molar-refractivity contribution in [1.82, 2.24) is 4.98 Å². The minimum absolute atomic E-state index is 0.523. The summed E-state index contributed by atoms with van der Waals surface area (Å²) in [6, 6.07) is 3.62. The van der Waals surface area contributed by atoms with E-state index >= 15 is 0 Å². The Balaban J connectivity index is 3.28. The molecule has 1 unspecified atom stereocenters. The van der Waals surface area contributed by atoms with Gasteiger partial charge in [-0.15, -0.1) is 35.3 Å². The predicted octanol–water partition coefficient (Wildman–Crippen LogP) is 2.62. The number of methoxy groups -OCH3 is 1. The molecule has 0 bridgehead atoms. The van der Waals surface area contributed by atoms with E-state index in [1.165, 1.54) is 7.11 Å². The zero-order valence-corrected chi connectivity index (χ0v) is 12.8. The molecule has 96 valence electrons. The fraction of sp³-hybridized carbons (Fsp3) is 0.545. The van der Waals surface area contributed by atoms with Crippen LogP contribution in [0.5, 0.6) is 0 Å². The Labute approximate surface area is 115 Å². The Kier molecular flexibility index (Phi) is 5.66. The molecule has 17 heavy (non-hydrogen) atoms. The second-order valence-electron chi connectivity index (χ2n) is 3.26. The second-order valence-corrected chi connectivity index (χ2v) is 7.10. The number of pyridine rings is 1. The van der Waals surface area contributed by atoms with Crippen LogP contribution in [-0.2, 0) is 10.5 Å². The predicted molar refractivity (Wildman–Crippen MR) is 78.4 cm³/mol. The molecule has 0 saturated heterocycles. The number of nitrogens with zero attached hydrogens (tertiary/aromatic N) is 1. The molecule has 1 N–H and O–H groups in total. The monoisotopic (exact) mass is 291 g/mol. The third-order valence-corrected chi connectivity index (χ3v) is 8.01. The lowest BCUT2D eigenvalue weighted by atomic mass is 10.1. The van der Waals surface area contributed by atoms with Gasteiger partial charge in [-0.25, -0.2) is 0 Å². The molecule has 0 aliphatic heterocycles. The first-order valence-corrected chi connectivity index (χ1v) is 8.61. The summed E-state index contributed by atoms with van der Waals surface area (Å²) >= 11 is 4.70. The van der Waals surface area contributed by atoms with Crippen LogP contribution in [0.2, 0.25) is 0 Å². The molecule has 6 heteroatoms. The van der Waals surface area contributed by atoms with Crippen molar-refractivity contribution in [3.63, 3.8) is 0 Å². The molecule has 0 spiro atoms. The quantitative estimate of drug-likeness (QED) is 0.813. The molecule has 0 amide bonds.